The van der Waals surface area contributed by atoms with Crippen LogP contribution in [0.5, 0.6) is 0 Å². The van der Waals surface area contributed by atoms with Crippen LogP contribution in [0.2, 0.25) is 0 Å². The Hall–Kier alpha value is -3.69. The van der Waals surface area contributed by atoms with E-state index >= 15 is 0 Å². The number of aromatic nitrogens is 5. The number of aliphatic imine (C=N–C) groups is 1. The van der Waals surface area contributed by atoms with Gasteiger partial charge in [0.2, 0.25) is 5.91 Å². The second kappa shape index (κ2) is 8.76. The van der Waals surface area contributed by atoms with Gasteiger partial charge in [-0.05, 0) is 11.1 Å². The fourth-order valence-corrected chi connectivity index (χ4v) is 3.53. The number of guanidine groups is 1. The summed E-state index contributed by atoms with van der Waals surface area (Å²) in [5, 5.41) is 11.7. The predicted octanol–water partition coefficient (Wildman–Crippen LogP) is 0.484. The third kappa shape index (κ3) is 4.48. The minimum atomic E-state index is 0.0343. The van der Waals surface area contributed by atoms with Gasteiger partial charge >= 0.3 is 0 Å². The number of anilines is 1. The molecule has 0 spiro atoms. The maximum absolute atomic E-state index is 12.7. The maximum atomic E-state index is 12.7. The van der Waals surface area contributed by atoms with Crippen molar-refractivity contribution in [1.29, 1.82) is 0 Å². The van der Waals surface area contributed by atoms with Gasteiger partial charge < -0.3 is 15.1 Å². The Morgan fingerprint density at radius 1 is 1.23 bits per heavy atom. The zero-order valence-electron chi connectivity index (χ0n) is 17.1. The Labute approximate surface area is 174 Å². The average molecular weight is 407 g/mol. The van der Waals surface area contributed by atoms with Crippen molar-refractivity contribution in [3.63, 3.8) is 0 Å². The lowest BCUT2D eigenvalue weighted by Gasteiger charge is -2.35. The van der Waals surface area contributed by atoms with Gasteiger partial charge in [-0.15, -0.1) is 0 Å². The van der Waals surface area contributed by atoms with Gasteiger partial charge in [0.1, 0.15) is 19.2 Å². The van der Waals surface area contributed by atoms with E-state index in [2.05, 4.69) is 43.7 Å². The van der Waals surface area contributed by atoms with Gasteiger partial charge in [-0.3, -0.25) is 14.5 Å². The summed E-state index contributed by atoms with van der Waals surface area (Å²) in [6, 6.07) is 8.29. The van der Waals surface area contributed by atoms with Crippen LogP contribution in [0.1, 0.15) is 11.1 Å². The van der Waals surface area contributed by atoms with Crippen LogP contribution in [-0.4, -0.2) is 68.0 Å². The molecule has 4 rings (SSSR count). The lowest BCUT2D eigenvalue weighted by Crippen LogP contribution is -2.55. The largest absolute Gasteiger partial charge is 0.352 e. The molecule has 1 N–H and O–H groups in total. The van der Waals surface area contributed by atoms with Crippen LogP contribution in [0.15, 0.2) is 54.3 Å². The summed E-state index contributed by atoms with van der Waals surface area (Å²) >= 11 is 0. The quantitative estimate of drug-likeness (QED) is 0.488. The molecule has 0 aliphatic carbocycles. The van der Waals surface area contributed by atoms with E-state index < -0.39 is 0 Å². The van der Waals surface area contributed by atoms with Gasteiger partial charge in [0.05, 0.1) is 18.4 Å². The van der Waals surface area contributed by atoms with Crippen LogP contribution in [-0.2, 0) is 24.9 Å². The van der Waals surface area contributed by atoms with E-state index in [1.54, 1.807) is 33.8 Å². The fraction of sp³-hybridized carbons (Fsp3) is 0.350. The first kappa shape index (κ1) is 19.6. The summed E-state index contributed by atoms with van der Waals surface area (Å²) in [5.74, 6) is 0.753. The minimum absolute atomic E-state index is 0.0343. The lowest BCUT2D eigenvalue weighted by atomic mass is 10.1. The van der Waals surface area contributed by atoms with Crippen LogP contribution < -0.4 is 10.2 Å². The lowest BCUT2D eigenvalue weighted by molar-refractivity contribution is -0.120. The molecule has 1 saturated heterocycles. The Morgan fingerprint density at radius 3 is 2.80 bits per heavy atom. The molecule has 1 aliphatic rings. The van der Waals surface area contributed by atoms with Crippen molar-refractivity contribution in [2.45, 2.75) is 13.1 Å². The molecular formula is C20H25N9O. The average Bonchev–Trinajstić information content (AvgIpc) is 3.41. The molecule has 3 aromatic rings. The number of rotatable bonds is 5. The number of aryl methyl sites for hydroxylation is 1. The van der Waals surface area contributed by atoms with E-state index in [0.717, 1.165) is 22.8 Å². The van der Waals surface area contributed by atoms with Crippen LogP contribution in [0, 0.1) is 0 Å². The van der Waals surface area contributed by atoms with Gasteiger partial charge in [-0.1, -0.05) is 24.3 Å². The number of carbonyl (C=O) groups is 1. The third-order valence-electron chi connectivity index (χ3n) is 4.99. The van der Waals surface area contributed by atoms with Crippen LogP contribution in [0.3, 0.4) is 0 Å². The second-order valence-electron chi connectivity index (χ2n) is 7.15. The molecule has 0 saturated carbocycles. The predicted molar refractivity (Wildman–Crippen MR) is 113 cm³/mol. The number of nitrogens with zero attached hydrogens (tertiary/aromatic N) is 8. The van der Waals surface area contributed by atoms with Crippen molar-refractivity contribution in [3.8, 4) is 0 Å². The smallest absolute Gasteiger partial charge is 0.246 e. The summed E-state index contributed by atoms with van der Waals surface area (Å²) in [6.07, 6.45) is 6.81. The molecule has 3 heterocycles. The Balaban J connectivity index is 1.35. The molecule has 1 amide bonds. The van der Waals surface area contributed by atoms with Crippen molar-refractivity contribution in [1.82, 2.24) is 34.8 Å². The standard InChI is InChI=1S/C20H25N9O/c1-21-20(27-6-7-29(19(30)13-27)18-10-24-26(2)12-18)23-9-16-4-3-5-17(8-16)11-28-15-22-14-25-28/h3-5,8,10,12,14-15H,6-7,9,11,13H2,1-2H3,(H,21,23). The first-order valence-electron chi connectivity index (χ1n) is 9.77. The molecule has 0 unspecified atom stereocenters. The van der Waals surface area contributed by atoms with Crippen molar-refractivity contribution in [2.75, 3.05) is 31.6 Å². The Bertz CT molecular complexity index is 1020. The molecule has 0 radical (unpaired) electrons. The minimum Gasteiger partial charge on any atom is -0.352 e. The van der Waals surface area contributed by atoms with Gasteiger partial charge in [0, 0.05) is 39.9 Å². The molecule has 1 aliphatic heterocycles. The summed E-state index contributed by atoms with van der Waals surface area (Å²) in [7, 11) is 3.58. The maximum Gasteiger partial charge on any atom is 0.246 e. The fourth-order valence-electron chi connectivity index (χ4n) is 3.53. The van der Waals surface area contributed by atoms with Crippen LogP contribution in [0.25, 0.3) is 0 Å². The highest BCUT2D eigenvalue weighted by atomic mass is 16.2. The molecule has 10 nitrogen and oxygen atoms in total. The molecule has 1 fully saturated rings. The summed E-state index contributed by atoms with van der Waals surface area (Å²) in [4.78, 5) is 24.8. The number of hydrogen-bond donors (Lipinski definition) is 1. The van der Waals surface area contributed by atoms with Crippen LogP contribution in [0.4, 0.5) is 5.69 Å². The molecule has 10 heteroatoms. The normalized spacial score (nSPS) is 15.0. The number of nitrogens with one attached hydrogen (secondary N) is 1. The third-order valence-corrected chi connectivity index (χ3v) is 4.99. The first-order valence-corrected chi connectivity index (χ1v) is 9.77. The Morgan fingerprint density at radius 2 is 2.10 bits per heavy atom. The van der Waals surface area contributed by atoms with Gasteiger partial charge in [-0.2, -0.15) is 10.2 Å². The number of piperazine rings is 1. The highest BCUT2D eigenvalue weighted by Gasteiger charge is 2.27. The first-order chi connectivity index (χ1) is 14.6. The number of benzene rings is 1. The highest BCUT2D eigenvalue weighted by Crippen LogP contribution is 2.16. The van der Waals surface area contributed by atoms with Crippen molar-refractivity contribution in [2.24, 2.45) is 12.0 Å². The Kier molecular flexibility index (Phi) is 5.73. The SMILES string of the molecule is CN=C(NCc1cccc(Cn2cncn2)c1)N1CCN(c2cnn(C)c2)C(=O)C1. The zero-order chi connectivity index (χ0) is 20.9. The van der Waals surface area contributed by atoms with E-state index in [-0.39, 0.29) is 12.5 Å². The van der Waals surface area contributed by atoms with E-state index in [9.17, 15) is 4.79 Å². The molecule has 1 aromatic carbocycles. The molecule has 30 heavy (non-hydrogen) atoms. The molecule has 156 valence electrons. The second-order valence-corrected chi connectivity index (χ2v) is 7.15. The molecule has 0 atom stereocenters. The summed E-state index contributed by atoms with van der Waals surface area (Å²) < 4.78 is 3.49. The van der Waals surface area contributed by atoms with Crippen LogP contribution >= 0.6 is 0 Å². The molecular weight excluding hydrogens is 382 g/mol. The van der Waals surface area contributed by atoms with Crippen molar-refractivity contribution < 1.29 is 4.79 Å². The summed E-state index contributed by atoms with van der Waals surface area (Å²) in [6.45, 7) is 2.87. The summed E-state index contributed by atoms with van der Waals surface area (Å²) in [5.41, 5.74) is 3.11. The van der Waals surface area contributed by atoms with E-state index in [4.69, 9.17) is 0 Å². The van der Waals surface area contributed by atoms with E-state index in [1.165, 1.54) is 6.33 Å². The van der Waals surface area contributed by atoms with Gasteiger partial charge in [-0.25, -0.2) is 9.67 Å². The molecule has 2 aromatic heterocycles. The molecule has 0 bridgehead atoms. The zero-order valence-corrected chi connectivity index (χ0v) is 17.1. The number of carbonyl (C=O) groups excluding carboxylic acids is 1. The van der Waals surface area contributed by atoms with E-state index in [1.807, 2.05) is 24.2 Å². The van der Waals surface area contributed by atoms with Crippen molar-refractivity contribution >= 4 is 17.6 Å². The van der Waals surface area contributed by atoms with Gasteiger partial charge in [0.25, 0.3) is 0 Å². The monoisotopic (exact) mass is 407 g/mol. The van der Waals surface area contributed by atoms with E-state index in [0.29, 0.717) is 26.2 Å². The van der Waals surface area contributed by atoms with Gasteiger partial charge in [0.15, 0.2) is 5.96 Å². The highest BCUT2D eigenvalue weighted by molar-refractivity contribution is 5.98. The van der Waals surface area contributed by atoms with Crippen molar-refractivity contribution in [3.05, 3.63) is 60.4 Å². The number of amides is 1. The number of hydrogen-bond acceptors (Lipinski definition) is 5. The topological polar surface area (TPSA) is 96.5 Å².